The highest BCUT2D eigenvalue weighted by molar-refractivity contribution is 7.99. The highest BCUT2D eigenvalue weighted by Gasteiger charge is 2.42. The van der Waals surface area contributed by atoms with E-state index in [0.29, 0.717) is 5.75 Å². The van der Waals surface area contributed by atoms with Crippen molar-refractivity contribution in [2.75, 3.05) is 5.75 Å². The van der Waals surface area contributed by atoms with E-state index in [-0.39, 0.29) is 11.3 Å². The van der Waals surface area contributed by atoms with E-state index in [1.807, 2.05) is 14.0 Å². The molecule has 1 aliphatic rings. The standard InChI is InChI=1S/C11H15N3O3S/c1-6-8(4-12-13(6)3)10-14(7(2)15)9(5-18-10)11(16)17/h4,9-10H,5H2,1-3H3,(H,16,17)/t9-,10-/m0/s1. The van der Waals surface area contributed by atoms with Gasteiger partial charge in [-0.05, 0) is 6.92 Å². The molecule has 1 saturated heterocycles. The first-order valence-corrected chi connectivity index (χ1v) is 6.60. The zero-order chi connectivity index (χ0) is 13.4. The highest BCUT2D eigenvalue weighted by Crippen LogP contribution is 2.42. The smallest absolute Gasteiger partial charge is 0.327 e. The number of carbonyl (C=O) groups is 2. The number of aromatic nitrogens is 2. The lowest BCUT2D eigenvalue weighted by molar-refractivity contribution is -0.148. The molecule has 1 aromatic heterocycles. The molecule has 0 saturated carbocycles. The third-order valence-electron chi connectivity index (χ3n) is 3.19. The fraction of sp³-hybridized carbons (Fsp3) is 0.545. The summed E-state index contributed by atoms with van der Waals surface area (Å²) < 4.78 is 1.72. The Hall–Kier alpha value is -1.50. The molecule has 18 heavy (non-hydrogen) atoms. The molecule has 2 heterocycles. The van der Waals surface area contributed by atoms with Crippen LogP contribution >= 0.6 is 11.8 Å². The molecule has 0 aromatic carbocycles. The summed E-state index contributed by atoms with van der Waals surface area (Å²) in [5, 5.41) is 13.0. The Kier molecular flexibility index (Phi) is 3.34. The van der Waals surface area contributed by atoms with E-state index in [4.69, 9.17) is 5.11 Å². The van der Waals surface area contributed by atoms with Gasteiger partial charge in [-0.3, -0.25) is 9.48 Å². The lowest BCUT2D eigenvalue weighted by Crippen LogP contribution is -2.41. The van der Waals surface area contributed by atoms with Crippen LogP contribution < -0.4 is 0 Å². The van der Waals surface area contributed by atoms with Gasteiger partial charge in [0.1, 0.15) is 11.4 Å². The Morgan fingerprint density at radius 1 is 1.56 bits per heavy atom. The van der Waals surface area contributed by atoms with Crippen LogP contribution in [0.25, 0.3) is 0 Å². The number of thioether (sulfide) groups is 1. The predicted octanol–water partition coefficient (Wildman–Crippen LogP) is 0.776. The van der Waals surface area contributed by atoms with Crippen LogP contribution in [0.1, 0.15) is 23.6 Å². The van der Waals surface area contributed by atoms with Crippen LogP contribution in [0, 0.1) is 6.92 Å². The van der Waals surface area contributed by atoms with E-state index in [9.17, 15) is 9.59 Å². The minimum absolute atomic E-state index is 0.222. The molecule has 7 heteroatoms. The maximum atomic E-state index is 11.7. The average Bonchev–Trinajstić information content (AvgIpc) is 2.84. The van der Waals surface area contributed by atoms with Crippen LogP contribution in [0.15, 0.2) is 6.20 Å². The summed E-state index contributed by atoms with van der Waals surface area (Å²) in [5.41, 5.74) is 1.85. The number of amides is 1. The van der Waals surface area contributed by atoms with E-state index in [0.717, 1.165) is 11.3 Å². The van der Waals surface area contributed by atoms with Crippen molar-refractivity contribution < 1.29 is 14.7 Å². The second kappa shape index (κ2) is 4.64. The second-order valence-corrected chi connectivity index (χ2v) is 5.39. The normalized spacial score (nSPS) is 23.4. The lowest BCUT2D eigenvalue weighted by atomic mass is 10.2. The number of carboxylic acids is 1. The van der Waals surface area contributed by atoms with Crippen LogP contribution in [-0.4, -0.2) is 43.5 Å². The van der Waals surface area contributed by atoms with E-state index < -0.39 is 12.0 Å². The molecule has 6 nitrogen and oxygen atoms in total. The molecular formula is C11H15N3O3S. The van der Waals surface area contributed by atoms with Gasteiger partial charge in [0.2, 0.25) is 5.91 Å². The number of hydrogen-bond acceptors (Lipinski definition) is 4. The summed E-state index contributed by atoms with van der Waals surface area (Å²) in [7, 11) is 1.82. The van der Waals surface area contributed by atoms with Gasteiger partial charge in [0, 0.05) is 31.0 Å². The molecule has 98 valence electrons. The summed E-state index contributed by atoms with van der Waals surface area (Å²) in [4.78, 5) is 24.3. The molecule has 2 rings (SSSR count). The Morgan fingerprint density at radius 3 is 2.67 bits per heavy atom. The third-order valence-corrected chi connectivity index (χ3v) is 4.49. The topological polar surface area (TPSA) is 75.4 Å². The first kappa shape index (κ1) is 12.9. The lowest BCUT2D eigenvalue weighted by Gasteiger charge is -2.25. The van der Waals surface area contributed by atoms with Gasteiger partial charge < -0.3 is 10.0 Å². The fourth-order valence-corrected chi connectivity index (χ4v) is 3.61. The van der Waals surface area contributed by atoms with Crippen LogP contribution in [0.4, 0.5) is 0 Å². The molecule has 1 aliphatic heterocycles. The molecule has 2 atom stereocenters. The van der Waals surface area contributed by atoms with Crippen LogP contribution in [0.3, 0.4) is 0 Å². The highest BCUT2D eigenvalue weighted by atomic mass is 32.2. The molecule has 1 aromatic rings. The summed E-state index contributed by atoms with van der Waals surface area (Å²) in [6.45, 7) is 3.32. The van der Waals surface area contributed by atoms with Gasteiger partial charge in [-0.1, -0.05) is 0 Å². The minimum Gasteiger partial charge on any atom is -0.480 e. The van der Waals surface area contributed by atoms with Crippen molar-refractivity contribution in [2.45, 2.75) is 25.3 Å². The largest absolute Gasteiger partial charge is 0.480 e. The molecule has 1 N–H and O–H groups in total. The molecule has 0 unspecified atom stereocenters. The zero-order valence-electron chi connectivity index (χ0n) is 10.5. The summed E-state index contributed by atoms with van der Waals surface area (Å²) in [6.07, 6.45) is 1.70. The zero-order valence-corrected chi connectivity index (χ0v) is 11.3. The number of nitrogens with zero attached hydrogens (tertiary/aromatic N) is 3. The van der Waals surface area contributed by atoms with Gasteiger partial charge in [-0.15, -0.1) is 11.8 Å². The monoisotopic (exact) mass is 269 g/mol. The Balaban J connectivity index is 2.37. The maximum Gasteiger partial charge on any atom is 0.327 e. The molecule has 0 aliphatic carbocycles. The Morgan fingerprint density at radius 2 is 2.22 bits per heavy atom. The summed E-state index contributed by atoms with van der Waals surface area (Å²) >= 11 is 1.47. The Labute approximate surface area is 109 Å². The maximum absolute atomic E-state index is 11.7. The Bertz CT molecular complexity index is 500. The van der Waals surface area contributed by atoms with Gasteiger partial charge in [0.15, 0.2) is 0 Å². The quantitative estimate of drug-likeness (QED) is 0.858. The number of hydrogen-bond donors (Lipinski definition) is 1. The van der Waals surface area contributed by atoms with Gasteiger partial charge in [-0.25, -0.2) is 4.79 Å². The second-order valence-electron chi connectivity index (χ2n) is 4.27. The fourth-order valence-electron chi connectivity index (χ4n) is 2.08. The first-order valence-electron chi connectivity index (χ1n) is 5.55. The van der Waals surface area contributed by atoms with Crippen molar-refractivity contribution >= 4 is 23.6 Å². The molecule has 1 fully saturated rings. The van der Waals surface area contributed by atoms with Gasteiger partial charge in [0.25, 0.3) is 0 Å². The van der Waals surface area contributed by atoms with Gasteiger partial charge >= 0.3 is 5.97 Å². The van der Waals surface area contributed by atoms with Crippen molar-refractivity contribution in [3.05, 3.63) is 17.5 Å². The SMILES string of the molecule is CC(=O)N1[C@H](C(=O)O)CS[C@H]1c1cnn(C)c1C. The van der Waals surface area contributed by atoms with Gasteiger partial charge in [0.05, 0.1) is 6.20 Å². The van der Waals surface area contributed by atoms with Crippen molar-refractivity contribution in [3.8, 4) is 0 Å². The van der Waals surface area contributed by atoms with Gasteiger partial charge in [-0.2, -0.15) is 5.10 Å². The number of aliphatic carboxylic acids is 1. The summed E-state index contributed by atoms with van der Waals surface area (Å²) in [6, 6.07) is -0.753. The third kappa shape index (κ3) is 1.98. The summed E-state index contributed by atoms with van der Waals surface area (Å²) in [5.74, 6) is -0.768. The van der Waals surface area contributed by atoms with Crippen LogP contribution in [0.5, 0.6) is 0 Å². The molecular weight excluding hydrogens is 254 g/mol. The van der Waals surface area contributed by atoms with Crippen LogP contribution in [0.2, 0.25) is 0 Å². The average molecular weight is 269 g/mol. The van der Waals surface area contributed by atoms with Crippen molar-refractivity contribution in [2.24, 2.45) is 7.05 Å². The molecule has 1 amide bonds. The number of aryl methyl sites for hydroxylation is 1. The van der Waals surface area contributed by atoms with Crippen molar-refractivity contribution in [3.63, 3.8) is 0 Å². The van der Waals surface area contributed by atoms with Crippen LogP contribution in [-0.2, 0) is 16.6 Å². The van der Waals surface area contributed by atoms with E-state index in [1.54, 1.807) is 10.9 Å². The minimum atomic E-state index is -0.957. The molecule has 0 spiro atoms. The van der Waals surface area contributed by atoms with E-state index >= 15 is 0 Å². The van der Waals surface area contributed by atoms with E-state index in [1.165, 1.54) is 23.6 Å². The number of carboxylic acid groups (broad SMARTS) is 1. The van der Waals surface area contributed by atoms with E-state index in [2.05, 4.69) is 5.10 Å². The van der Waals surface area contributed by atoms with Crippen molar-refractivity contribution in [1.29, 1.82) is 0 Å². The number of rotatable bonds is 2. The van der Waals surface area contributed by atoms with Crippen molar-refractivity contribution in [1.82, 2.24) is 14.7 Å². The number of carbonyl (C=O) groups excluding carboxylic acids is 1. The first-order chi connectivity index (χ1) is 8.43. The molecule has 0 radical (unpaired) electrons. The molecule has 0 bridgehead atoms. The predicted molar refractivity (Wildman–Crippen MR) is 67.1 cm³/mol.